The number of piperidine rings is 1. The molecular formula is C23H31F2N3O4. The summed E-state index contributed by atoms with van der Waals surface area (Å²) in [7, 11) is 0. The summed E-state index contributed by atoms with van der Waals surface area (Å²) in [5.74, 6) is -3.01. The average Bonchev–Trinajstić information content (AvgIpc) is 3.02. The number of hydrogen-bond donors (Lipinski definition) is 2. The molecule has 9 heteroatoms. The van der Waals surface area contributed by atoms with Gasteiger partial charge in [-0.25, -0.2) is 8.78 Å². The van der Waals surface area contributed by atoms with Crippen molar-refractivity contribution in [2.24, 2.45) is 5.73 Å². The lowest BCUT2D eigenvalue weighted by Crippen LogP contribution is -2.45. The molecule has 3 rings (SSSR count). The van der Waals surface area contributed by atoms with Gasteiger partial charge in [0, 0.05) is 24.4 Å². The molecular weight excluding hydrogens is 420 g/mol. The highest BCUT2D eigenvalue weighted by molar-refractivity contribution is 6.02. The fraction of sp³-hybridized carbons (Fsp3) is 0.609. The second-order valence-electron chi connectivity index (χ2n) is 9.54. The van der Waals surface area contributed by atoms with Gasteiger partial charge < -0.3 is 20.7 Å². The number of carbonyl (C=O) groups is 3. The van der Waals surface area contributed by atoms with Crippen LogP contribution in [0.3, 0.4) is 0 Å². The molecule has 1 fully saturated rings. The van der Waals surface area contributed by atoms with Gasteiger partial charge in [-0.2, -0.15) is 0 Å². The van der Waals surface area contributed by atoms with Gasteiger partial charge in [0.15, 0.2) is 0 Å². The van der Waals surface area contributed by atoms with E-state index < -0.39 is 47.3 Å². The Morgan fingerprint density at radius 3 is 2.66 bits per heavy atom. The van der Waals surface area contributed by atoms with E-state index in [9.17, 15) is 18.8 Å². The average molecular weight is 452 g/mol. The Bertz CT molecular complexity index is 929. The number of amides is 2. The van der Waals surface area contributed by atoms with Crippen molar-refractivity contribution in [2.75, 3.05) is 13.1 Å². The maximum atomic E-state index is 15.5. The van der Waals surface area contributed by atoms with Crippen LogP contribution in [0.1, 0.15) is 73.0 Å². The van der Waals surface area contributed by atoms with E-state index in [2.05, 4.69) is 5.32 Å². The zero-order valence-electron chi connectivity index (χ0n) is 19.0. The molecule has 7 nitrogen and oxygen atoms in total. The van der Waals surface area contributed by atoms with E-state index in [1.54, 1.807) is 27.7 Å². The van der Waals surface area contributed by atoms with Crippen molar-refractivity contribution in [1.29, 1.82) is 0 Å². The second-order valence-corrected chi connectivity index (χ2v) is 9.54. The number of ether oxygens (including phenoxy) is 1. The van der Waals surface area contributed by atoms with Gasteiger partial charge in [-0.05, 0) is 58.2 Å². The minimum atomic E-state index is -1.23. The van der Waals surface area contributed by atoms with Crippen LogP contribution in [0.25, 0.3) is 0 Å². The number of nitrogens with two attached hydrogens (primary N) is 1. The second kappa shape index (κ2) is 9.13. The Kier molecular flexibility index (Phi) is 6.88. The van der Waals surface area contributed by atoms with Crippen LogP contribution in [0.5, 0.6) is 0 Å². The maximum absolute atomic E-state index is 15.5. The van der Waals surface area contributed by atoms with E-state index in [1.165, 1.54) is 11.0 Å². The fourth-order valence-electron chi connectivity index (χ4n) is 4.51. The van der Waals surface area contributed by atoms with Crippen molar-refractivity contribution in [1.82, 2.24) is 10.2 Å². The standard InChI is InChI=1S/C23H31F2N3O4/c1-12-9-14(13-7-8-27-10-16(13)24)20(25)15-11-28(22(31)19(12)15)17(21(26)30)5-6-18(29)32-23(2,3)4/h9,13,16-17,27H,5-8,10-11H2,1-4H3,(H2,26,30)/t13-,16-,17-/m0/s1. The van der Waals surface area contributed by atoms with Gasteiger partial charge in [-0.1, -0.05) is 6.07 Å². The van der Waals surface area contributed by atoms with Gasteiger partial charge in [-0.3, -0.25) is 14.4 Å². The Morgan fingerprint density at radius 2 is 2.06 bits per heavy atom. The highest BCUT2D eigenvalue weighted by atomic mass is 19.1. The van der Waals surface area contributed by atoms with Crippen molar-refractivity contribution in [3.8, 4) is 0 Å². The molecule has 0 unspecified atom stereocenters. The lowest BCUT2D eigenvalue weighted by molar-refractivity contribution is -0.155. The number of nitrogens with one attached hydrogen (secondary N) is 1. The Morgan fingerprint density at radius 1 is 1.38 bits per heavy atom. The van der Waals surface area contributed by atoms with Crippen LogP contribution in [-0.2, 0) is 20.9 Å². The van der Waals surface area contributed by atoms with Crippen molar-refractivity contribution in [3.05, 3.63) is 34.1 Å². The third-order valence-electron chi connectivity index (χ3n) is 5.94. The number of aryl methyl sites for hydroxylation is 1. The Balaban J connectivity index is 1.85. The molecule has 0 saturated carbocycles. The number of alkyl halides is 1. The van der Waals surface area contributed by atoms with Crippen LogP contribution in [0.2, 0.25) is 0 Å². The van der Waals surface area contributed by atoms with E-state index in [0.29, 0.717) is 18.5 Å². The van der Waals surface area contributed by atoms with Gasteiger partial charge >= 0.3 is 5.97 Å². The van der Waals surface area contributed by atoms with Crippen molar-refractivity contribution in [2.45, 2.75) is 77.2 Å². The lowest BCUT2D eigenvalue weighted by atomic mass is 9.85. The predicted molar refractivity (Wildman–Crippen MR) is 114 cm³/mol. The first kappa shape index (κ1) is 24.1. The molecule has 0 aromatic heterocycles. The quantitative estimate of drug-likeness (QED) is 0.647. The molecule has 0 aliphatic carbocycles. The number of fused-ring (bicyclic) bond motifs is 1. The van der Waals surface area contributed by atoms with E-state index in [-0.39, 0.29) is 42.6 Å². The van der Waals surface area contributed by atoms with Crippen LogP contribution >= 0.6 is 0 Å². The number of halogens is 2. The van der Waals surface area contributed by atoms with Crippen molar-refractivity contribution < 1.29 is 27.9 Å². The summed E-state index contributed by atoms with van der Waals surface area (Å²) in [6, 6.07) is 0.454. The number of primary amides is 1. The minimum Gasteiger partial charge on any atom is -0.460 e. The first-order valence-electron chi connectivity index (χ1n) is 10.9. The third kappa shape index (κ3) is 4.92. The number of hydrogen-bond acceptors (Lipinski definition) is 5. The molecule has 1 saturated heterocycles. The van der Waals surface area contributed by atoms with E-state index in [0.717, 1.165) is 0 Å². The number of rotatable bonds is 6. The fourth-order valence-corrected chi connectivity index (χ4v) is 4.51. The first-order chi connectivity index (χ1) is 14.9. The summed E-state index contributed by atoms with van der Waals surface area (Å²) in [5, 5.41) is 2.95. The topological polar surface area (TPSA) is 102 Å². The largest absolute Gasteiger partial charge is 0.460 e. The molecule has 1 aromatic rings. The molecule has 0 bridgehead atoms. The first-order valence-corrected chi connectivity index (χ1v) is 10.9. The van der Waals surface area contributed by atoms with Crippen LogP contribution in [0, 0.1) is 12.7 Å². The maximum Gasteiger partial charge on any atom is 0.306 e. The Hall–Kier alpha value is -2.55. The van der Waals surface area contributed by atoms with Gasteiger partial charge in [0.1, 0.15) is 23.6 Å². The molecule has 2 aliphatic rings. The molecule has 0 radical (unpaired) electrons. The van der Waals surface area contributed by atoms with Gasteiger partial charge in [0.05, 0.1) is 12.1 Å². The molecule has 1 aromatic carbocycles. The van der Waals surface area contributed by atoms with Gasteiger partial charge in [0.25, 0.3) is 5.91 Å². The Labute approximate surface area is 186 Å². The van der Waals surface area contributed by atoms with E-state index >= 15 is 4.39 Å². The number of benzene rings is 1. The van der Waals surface area contributed by atoms with E-state index in [1.807, 2.05) is 0 Å². The molecule has 2 heterocycles. The van der Waals surface area contributed by atoms with Crippen LogP contribution in [0.15, 0.2) is 6.07 Å². The molecule has 32 heavy (non-hydrogen) atoms. The summed E-state index contributed by atoms with van der Waals surface area (Å²) >= 11 is 0. The van der Waals surface area contributed by atoms with Gasteiger partial charge in [0.2, 0.25) is 5.91 Å². The zero-order chi connectivity index (χ0) is 23.8. The number of carbonyl (C=O) groups excluding carboxylic acids is 3. The lowest BCUT2D eigenvalue weighted by Gasteiger charge is -2.28. The molecule has 2 aliphatic heterocycles. The third-order valence-corrected chi connectivity index (χ3v) is 5.94. The summed E-state index contributed by atoms with van der Waals surface area (Å²) < 4.78 is 35.2. The monoisotopic (exact) mass is 451 g/mol. The van der Waals surface area contributed by atoms with Crippen LogP contribution in [0.4, 0.5) is 8.78 Å². The molecule has 3 N–H and O–H groups in total. The summed E-state index contributed by atoms with van der Waals surface area (Å²) in [6.45, 7) is 7.44. The summed E-state index contributed by atoms with van der Waals surface area (Å²) in [5.41, 5.74) is 5.97. The summed E-state index contributed by atoms with van der Waals surface area (Å²) in [4.78, 5) is 38.5. The van der Waals surface area contributed by atoms with Crippen molar-refractivity contribution >= 4 is 17.8 Å². The van der Waals surface area contributed by atoms with Crippen LogP contribution in [-0.4, -0.2) is 53.6 Å². The van der Waals surface area contributed by atoms with Crippen molar-refractivity contribution in [3.63, 3.8) is 0 Å². The molecule has 176 valence electrons. The van der Waals surface area contributed by atoms with Crippen LogP contribution < -0.4 is 11.1 Å². The highest BCUT2D eigenvalue weighted by Crippen LogP contribution is 2.37. The minimum absolute atomic E-state index is 0.0294. The smallest absolute Gasteiger partial charge is 0.306 e. The SMILES string of the molecule is Cc1cc([C@@H]2CCNC[C@@H]2F)c(F)c2c1C(=O)N([C@@H](CCC(=O)OC(C)(C)C)C(N)=O)C2. The number of nitrogens with zero attached hydrogens (tertiary/aromatic N) is 1. The normalized spacial score (nSPS) is 21.9. The number of esters is 1. The molecule has 2 amide bonds. The summed E-state index contributed by atoms with van der Waals surface area (Å²) in [6.07, 6.45) is -0.918. The molecule has 3 atom stereocenters. The van der Waals surface area contributed by atoms with E-state index in [4.69, 9.17) is 10.5 Å². The predicted octanol–water partition coefficient (Wildman–Crippen LogP) is 2.48. The zero-order valence-corrected chi connectivity index (χ0v) is 19.0. The molecule has 0 spiro atoms. The van der Waals surface area contributed by atoms with Gasteiger partial charge in [-0.15, -0.1) is 0 Å². The highest BCUT2D eigenvalue weighted by Gasteiger charge is 2.40.